The third-order valence-corrected chi connectivity index (χ3v) is 4.04. The summed E-state index contributed by atoms with van der Waals surface area (Å²) in [4.78, 5) is 14.4. The quantitative estimate of drug-likeness (QED) is 0.754. The molecule has 128 valence electrons. The van der Waals surface area contributed by atoms with Gasteiger partial charge in [0.05, 0.1) is 12.1 Å². The van der Waals surface area contributed by atoms with E-state index in [1.165, 1.54) is 0 Å². The molecule has 0 spiro atoms. The number of nitrogens with zero attached hydrogens (tertiary/aromatic N) is 1. The summed E-state index contributed by atoms with van der Waals surface area (Å²) in [6, 6.07) is 14.8. The van der Waals surface area contributed by atoms with Crippen LogP contribution < -0.4 is 9.47 Å². The van der Waals surface area contributed by atoms with Gasteiger partial charge in [-0.05, 0) is 24.6 Å². The molecule has 2 rings (SSSR count). The Hall–Kier alpha value is -2.20. The summed E-state index contributed by atoms with van der Waals surface area (Å²) in [5.74, 6) is 1.19. The van der Waals surface area contributed by atoms with Crippen LogP contribution in [-0.2, 0) is 11.3 Å². The van der Waals surface area contributed by atoms with E-state index in [0.717, 1.165) is 11.3 Å². The minimum atomic E-state index is -0.579. The monoisotopic (exact) mass is 347 g/mol. The summed E-state index contributed by atoms with van der Waals surface area (Å²) in [7, 11) is 3.38. The molecule has 2 aromatic rings. The molecule has 0 N–H and O–H groups in total. The number of methoxy groups -OCH3 is 1. The van der Waals surface area contributed by atoms with E-state index < -0.39 is 6.10 Å². The highest BCUT2D eigenvalue weighted by Crippen LogP contribution is 2.25. The van der Waals surface area contributed by atoms with Crippen molar-refractivity contribution in [1.29, 1.82) is 0 Å². The molecular formula is C19H22ClNO3. The maximum atomic E-state index is 12.7. The van der Waals surface area contributed by atoms with Crippen molar-refractivity contribution >= 4 is 17.5 Å². The maximum Gasteiger partial charge on any atom is 0.263 e. The zero-order valence-electron chi connectivity index (χ0n) is 14.2. The molecule has 0 unspecified atom stereocenters. The summed E-state index contributed by atoms with van der Waals surface area (Å²) in [5, 5.41) is 0.496. The first-order valence-corrected chi connectivity index (χ1v) is 8.22. The Balaban J connectivity index is 2.08. The van der Waals surface area contributed by atoms with Crippen molar-refractivity contribution in [2.24, 2.45) is 0 Å². The van der Waals surface area contributed by atoms with E-state index in [4.69, 9.17) is 21.1 Å². The van der Waals surface area contributed by atoms with Crippen molar-refractivity contribution in [1.82, 2.24) is 4.90 Å². The van der Waals surface area contributed by atoms with Crippen LogP contribution in [0, 0.1) is 0 Å². The van der Waals surface area contributed by atoms with Gasteiger partial charge in [0, 0.05) is 19.2 Å². The summed E-state index contributed by atoms with van der Waals surface area (Å²) in [6.45, 7) is 2.36. The Labute approximate surface area is 147 Å². The van der Waals surface area contributed by atoms with Crippen LogP contribution in [-0.4, -0.2) is 31.1 Å². The fourth-order valence-corrected chi connectivity index (χ4v) is 2.60. The van der Waals surface area contributed by atoms with Crippen molar-refractivity contribution in [2.75, 3.05) is 14.2 Å². The number of benzene rings is 2. The Morgan fingerprint density at radius 3 is 2.38 bits per heavy atom. The Kier molecular flexibility index (Phi) is 6.50. The van der Waals surface area contributed by atoms with E-state index in [-0.39, 0.29) is 5.91 Å². The highest BCUT2D eigenvalue weighted by molar-refractivity contribution is 6.32. The van der Waals surface area contributed by atoms with Gasteiger partial charge in [-0.1, -0.05) is 48.9 Å². The summed E-state index contributed by atoms with van der Waals surface area (Å²) >= 11 is 6.11. The first kappa shape index (κ1) is 18.1. The average molecular weight is 348 g/mol. The first-order chi connectivity index (χ1) is 11.6. The molecular weight excluding hydrogens is 326 g/mol. The number of hydrogen-bond donors (Lipinski definition) is 0. The molecule has 4 nitrogen and oxygen atoms in total. The number of amides is 1. The molecule has 0 aliphatic carbocycles. The molecule has 0 bridgehead atoms. The van der Waals surface area contributed by atoms with Gasteiger partial charge in [0.1, 0.15) is 11.5 Å². The number of halogens is 1. The highest BCUT2D eigenvalue weighted by Gasteiger charge is 2.23. The number of hydrogen-bond acceptors (Lipinski definition) is 3. The Bertz CT molecular complexity index is 690. The smallest absolute Gasteiger partial charge is 0.263 e. The predicted molar refractivity (Wildman–Crippen MR) is 95.6 cm³/mol. The van der Waals surface area contributed by atoms with E-state index in [1.54, 1.807) is 31.2 Å². The molecule has 2 aromatic carbocycles. The lowest BCUT2D eigenvalue weighted by Gasteiger charge is -2.24. The molecule has 5 heteroatoms. The van der Waals surface area contributed by atoms with E-state index >= 15 is 0 Å². The minimum absolute atomic E-state index is 0.0941. The van der Waals surface area contributed by atoms with Gasteiger partial charge in [-0.2, -0.15) is 0 Å². The Morgan fingerprint density at radius 1 is 1.12 bits per heavy atom. The molecule has 1 amide bonds. The van der Waals surface area contributed by atoms with Crippen LogP contribution in [0.5, 0.6) is 11.5 Å². The third-order valence-electron chi connectivity index (χ3n) is 3.73. The van der Waals surface area contributed by atoms with Gasteiger partial charge in [0.15, 0.2) is 6.10 Å². The number of ether oxygens (including phenoxy) is 2. The van der Waals surface area contributed by atoms with Gasteiger partial charge < -0.3 is 14.4 Å². The molecule has 0 heterocycles. The molecule has 0 saturated carbocycles. The number of likely N-dealkylation sites (N-methyl/N-ethyl adjacent to an activating group) is 1. The van der Waals surface area contributed by atoms with Crippen molar-refractivity contribution < 1.29 is 14.3 Å². The number of carbonyl (C=O) groups excluding carboxylic acids is 1. The van der Waals surface area contributed by atoms with E-state index in [0.29, 0.717) is 23.7 Å². The van der Waals surface area contributed by atoms with Crippen LogP contribution in [0.2, 0.25) is 5.02 Å². The van der Waals surface area contributed by atoms with E-state index in [2.05, 4.69) is 0 Å². The minimum Gasteiger partial charge on any atom is -0.496 e. The number of rotatable bonds is 7. The van der Waals surface area contributed by atoms with Crippen LogP contribution in [0.3, 0.4) is 0 Å². The average Bonchev–Trinajstić information content (AvgIpc) is 2.61. The second-order valence-corrected chi connectivity index (χ2v) is 5.86. The van der Waals surface area contributed by atoms with Gasteiger partial charge in [-0.3, -0.25) is 4.79 Å². The second kappa shape index (κ2) is 8.60. The second-order valence-electron chi connectivity index (χ2n) is 5.45. The molecule has 0 aliphatic heterocycles. The van der Waals surface area contributed by atoms with Crippen LogP contribution in [0.1, 0.15) is 18.9 Å². The lowest BCUT2D eigenvalue weighted by atomic mass is 10.1. The fourth-order valence-electron chi connectivity index (χ4n) is 2.41. The topological polar surface area (TPSA) is 38.8 Å². The first-order valence-electron chi connectivity index (χ1n) is 7.84. The molecule has 0 fully saturated rings. The lowest BCUT2D eigenvalue weighted by molar-refractivity contribution is -0.138. The number of carbonyl (C=O) groups is 1. The maximum absolute atomic E-state index is 12.7. The summed E-state index contributed by atoms with van der Waals surface area (Å²) < 4.78 is 11.2. The van der Waals surface area contributed by atoms with Crippen molar-refractivity contribution in [3.8, 4) is 11.5 Å². The standard InChI is InChI=1S/C19H22ClNO3/c1-4-16(24-18-12-8-6-10-15(18)20)19(22)21(2)13-14-9-5-7-11-17(14)23-3/h5-12,16H,4,13H2,1-3H3/t16-/m1/s1. The lowest BCUT2D eigenvalue weighted by Crippen LogP contribution is -2.39. The Morgan fingerprint density at radius 2 is 1.75 bits per heavy atom. The van der Waals surface area contributed by atoms with Gasteiger partial charge >= 0.3 is 0 Å². The van der Waals surface area contributed by atoms with Crippen molar-refractivity contribution in [3.05, 3.63) is 59.1 Å². The van der Waals surface area contributed by atoms with Crippen molar-refractivity contribution in [2.45, 2.75) is 26.0 Å². The normalized spacial score (nSPS) is 11.7. The van der Waals surface area contributed by atoms with Crippen LogP contribution >= 0.6 is 11.6 Å². The van der Waals surface area contributed by atoms with Crippen LogP contribution in [0.25, 0.3) is 0 Å². The van der Waals surface area contributed by atoms with E-state index in [9.17, 15) is 4.79 Å². The summed E-state index contributed by atoms with van der Waals surface area (Å²) in [5.41, 5.74) is 0.948. The van der Waals surface area contributed by atoms with Gasteiger partial charge in [-0.15, -0.1) is 0 Å². The fraction of sp³-hybridized carbons (Fsp3) is 0.316. The SMILES string of the molecule is CC[C@@H](Oc1ccccc1Cl)C(=O)N(C)Cc1ccccc1OC. The highest BCUT2D eigenvalue weighted by atomic mass is 35.5. The molecule has 24 heavy (non-hydrogen) atoms. The molecule has 0 radical (unpaired) electrons. The molecule has 0 saturated heterocycles. The molecule has 0 aromatic heterocycles. The zero-order valence-corrected chi connectivity index (χ0v) is 14.9. The van der Waals surface area contributed by atoms with Gasteiger partial charge in [0.2, 0.25) is 0 Å². The van der Waals surface area contributed by atoms with Gasteiger partial charge in [0.25, 0.3) is 5.91 Å². The van der Waals surface area contributed by atoms with Crippen molar-refractivity contribution in [3.63, 3.8) is 0 Å². The van der Waals surface area contributed by atoms with E-state index in [1.807, 2.05) is 43.3 Å². The molecule has 0 aliphatic rings. The van der Waals surface area contributed by atoms with Crippen LogP contribution in [0.15, 0.2) is 48.5 Å². The third kappa shape index (κ3) is 4.42. The number of para-hydroxylation sites is 2. The predicted octanol–water partition coefficient (Wildman–Crippen LogP) is 4.16. The molecule has 1 atom stereocenters. The van der Waals surface area contributed by atoms with Crippen LogP contribution in [0.4, 0.5) is 0 Å². The van der Waals surface area contributed by atoms with Gasteiger partial charge in [-0.25, -0.2) is 0 Å². The largest absolute Gasteiger partial charge is 0.496 e. The zero-order chi connectivity index (χ0) is 17.5. The summed E-state index contributed by atoms with van der Waals surface area (Å²) in [6.07, 6.45) is -0.0232.